The standard InChI is InChI=1S/C15H15N7O3/c16-9-25-14-7-21(14)15(23)12-8-24-13(20-12)5-10-1-2-11(6-17-10)22-18-3-4-19-22/h1-4,6,8,14H,5,7,9,16H2/t14-,21?/m1/s1. The van der Waals surface area contributed by atoms with E-state index in [1.54, 1.807) is 18.6 Å². The van der Waals surface area contributed by atoms with E-state index in [0.29, 0.717) is 18.9 Å². The molecule has 1 aliphatic rings. The number of carbonyl (C=O) groups excluding carboxylic acids is 1. The lowest BCUT2D eigenvalue weighted by Crippen LogP contribution is -2.17. The van der Waals surface area contributed by atoms with Crippen LogP contribution in [0.15, 0.2) is 41.4 Å². The van der Waals surface area contributed by atoms with Crippen molar-refractivity contribution in [3.05, 3.63) is 54.3 Å². The maximum atomic E-state index is 12.2. The lowest BCUT2D eigenvalue weighted by atomic mass is 10.2. The molecule has 4 rings (SSSR count). The summed E-state index contributed by atoms with van der Waals surface area (Å²) in [4.78, 5) is 23.7. The molecule has 0 bridgehead atoms. The summed E-state index contributed by atoms with van der Waals surface area (Å²) >= 11 is 0. The number of aromatic nitrogens is 5. The van der Waals surface area contributed by atoms with E-state index < -0.39 is 0 Å². The van der Waals surface area contributed by atoms with Gasteiger partial charge in [0.25, 0.3) is 5.91 Å². The molecule has 0 radical (unpaired) electrons. The normalized spacial score (nSPS) is 16.2. The van der Waals surface area contributed by atoms with Crippen molar-refractivity contribution in [2.45, 2.75) is 12.6 Å². The van der Waals surface area contributed by atoms with Crippen LogP contribution in [-0.4, -0.2) is 55.3 Å². The maximum absolute atomic E-state index is 12.2. The molecule has 4 heterocycles. The number of rotatable bonds is 6. The lowest BCUT2D eigenvalue weighted by Gasteiger charge is -2.01. The number of pyridine rings is 1. The summed E-state index contributed by atoms with van der Waals surface area (Å²) in [6.45, 7) is 0.594. The number of hydrogen-bond donors (Lipinski definition) is 1. The highest BCUT2D eigenvalue weighted by molar-refractivity contribution is 5.93. The molecule has 3 aromatic heterocycles. The van der Waals surface area contributed by atoms with Crippen LogP contribution in [0.4, 0.5) is 0 Å². The monoisotopic (exact) mass is 341 g/mol. The first kappa shape index (κ1) is 15.4. The number of ether oxygens (including phenoxy) is 1. The molecular weight excluding hydrogens is 326 g/mol. The van der Waals surface area contributed by atoms with E-state index in [4.69, 9.17) is 14.9 Å². The topological polar surface area (TPSA) is 125 Å². The highest BCUT2D eigenvalue weighted by Crippen LogP contribution is 2.21. The van der Waals surface area contributed by atoms with Gasteiger partial charge in [-0.05, 0) is 12.1 Å². The van der Waals surface area contributed by atoms with Crippen LogP contribution in [0, 0.1) is 0 Å². The van der Waals surface area contributed by atoms with Crippen molar-refractivity contribution in [2.75, 3.05) is 13.3 Å². The van der Waals surface area contributed by atoms with Crippen molar-refractivity contribution in [1.29, 1.82) is 0 Å². The first-order valence-electron chi connectivity index (χ1n) is 7.63. The number of carbonyl (C=O) groups is 1. The van der Waals surface area contributed by atoms with Gasteiger partial charge in [0.15, 0.2) is 11.9 Å². The van der Waals surface area contributed by atoms with Crippen LogP contribution in [0.25, 0.3) is 5.69 Å². The molecule has 1 aliphatic heterocycles. The molecule has 25 heavy (non-hydrogen) atoms. The first-order chi connectivity index (χ1) is 12.2. The zero-order valence-corrected chi connectivity index (χ0v) is 13.1. The highest BCUT2D eigenvalue weighted by atomic mass is 16.5. The lowest BCUT2D eigenvalue weighted by molar-refractivity contribution is 0.0639. The number of oxazole rings is 1. The third-order valence-electron chi connectivity index (χ3n) is 3.68. The Morgan fingerprint density at radius 3 is 2.92 bits per heavy atom. The molecule has 0 unspecified atom stereocenters. The van der Waals surface area contributed by atoms with Gasteiger partial charge in [-0.1, -0.05) is 0 Å². The van der Waals surface area contributed by atoms with Gasteiger partial charge in [-0.15, -0.1) is 0 Å². The molecular formula is C15H15N7O3. The van der Waals surface area contributed by atoms with E-state index in [2.05, 4.69) is 20.2 Å². The molecule has 10 heteroatoms. The quantitative estimate of drug-likeness (QED) is 0.489. The van der Waals surface area contributed by atoms with Crippen LogP contribution in [0.2, 0.25) is 0 Å². The van der Waals surface area contributed by atoms with Gasteiger partial charge in [-0.25, -0.2) is 4.98 Å². The smallest absolute Gasteiger partial charge is 0.278 e. The van der Waals surface area contributed by atoms with Gasteiger partial charge in [0.2, 0.25) is 5.89 Å². The largest absolute Gasteiger partial charge is 0.448 e. The Labute approximate surface area is 142 Å². The van der Waals surface area contributed by atoms with Gasteiger partial charge in [-0.2, -0.15) is 15.0 Å². The molecule has 0 aliphatic carbocycles. The molecule has 3 aromatic rings. The Kier molecular flexibility index (Phi) is 3.96. The van der Waals surface area contributed by atoms with Gasteiger partial charge in [0.1, 0.15) is 12.0 Å². The summed E-state index contributed by atoms with van der Waals surface area (Å²) in [5.74, 6) is 0.181. The number of nitrogens with two attached hydrogens (primary N) is 1. The van der Waals surface area contributed by atoms with Crippen molar-refractivity contribution in [3.63, 3.8) is 0 Å². The van der Waals surface area contributed by atoms with Crippen LogP contribution >= 0.6 is 0 Å². The fourth-order valence-electron chi connectivity index (χ4n) is 2.37. The number of nitrogens with zero attached hydrogens (tertiary/aromatic N) is 6. The predicted octanol–water partition coefficient (Wildman–Crippen LogP) is -0.0442. The number of hydrogen-bond acceptors (Lipinski definition) is 8. The van der Waals surface area contributed by atoms with Crippen molar-refractivity contribution >= 4 is 5.91 Å². The van der Waals surface area contributed by atoms with Crippen molar-refractivity contribution < 1.29 is 13.9 Å². The van der Waals surface area contributed by atoms with Crippen LogP contribution in [0.1, 0.15) is 22.1 Å². The van der Waals surface area contributed by atoms with Gasteiger partial charge in [0, 0.05) is 5.69 Å². The van der Waals surface area contributed by atoms with Crippen molar-refractivity contribution in [1.82, 2.24) is 29.9 Å². The van der Waals surface area contributed by atoms with E-state index in [-0.39, 0.29) is 24.6 Å². The summed E-state index contributed by atoms with van der Waals surface area (Å²) in [7, 11) is 0. The van der Waals surface area contributed by atoms with Gasteiger partial charge < -0.3 is 19.8 Å². The molecule has 0 saturated carbocycles. The average Bonchev–Trinajstić information content (AvgIpc) is 3.04. The summed E-state index contributed by atoms with van der Waals surface area (Å²) < 4.78 is 10.5. The Bertz CT molecular complexity index is 860. The van der Waals surface area contributed by atoms with E-state index in [9.17, 15) is 4.79 Å². The summed E-state index contributed by atoms with van der Waals surface area (Å²) in [6, 6.07) is 3.68. The first-order valence-corrected chi connectivity index (χ1v) is 7.63. The van der Waals surface area contributed by atoms with E-state index >= 15 is 0 Å². The van der Waals surface area contributed by atoms with Crippen molar-refractivity contribution in [3.8, 4) is 5.69 Å². The molecule has 1 atom stereocenters. The third kappa shape index (κ3) is 3.25. The Balaban J connectivity index is 1.40. The molecule has 1 amide bonds. The van der Waals surface area contributed by atoms with Gasteiger partial charge >= 0.3 is 0 Å². The predicted molar refractivity (Wildman–Crippen MR) is 83.4 cm³/mol. The van der Waals surface area contributed by atoms with E-state index in [1.165, 1.54) is 16.0 Å². The molecule has 10 nitrogen and oxygen atoms in total. The Morgan fingerprint density at radius 1 is 1.36 bits per heavy atom. The summed E-state index contributed by atoms with van der Waals surface area (Å²) in [6.07, 6.45) is 6.31. The molecule has 128 valence electrons. The van der Waals surface area contributed by atoms with Crippen LogP contribution in [-0.2, 0) is 11.2 Å². The molecule has 0 aromatic carbocycles. The van der Waals surface area contributed by atoms with Gasteiger partial charge in [0.05, 0.1) is 38.3 Å². The second-order valence-electron chi connectivity index (χ2n) is 5.38. The summed E-state index contributed by atoms with van der Waals surface area (Å²) in [5.41, 5.74) is 7.05. The fourth-order valence-corrected chi connectivity index (χ4v) is 2.37. The minimum atomic E-state index is -0.261. The Hall–Kier alpha value is -3.11. The minimum absolute atomic E-state index is 0.0776. The number of amides is 1. The second-order valence-corrected chi connectivity index (χ2v) is 5.38. The zero-order chi connectivity index (χ0) is 17.2. The zero-order valence-electron chi connectivity index (χ0n) is 13.1. The van der Waals surface area contributed by atoms with Crippen LogP contribution in [0.3, 0.4) is 0 Å². The van der Waals surface area contributed by atoms with E-state index in [0.717, 1.165) is 11.4 Å². The van der Waals surface area contributed by atoms with Gasteiger partial charge in [-0.3, -0.25) is 9.78 Å². The highest BCUT2D eigenvalue weighted by Gasteiger charge is 2.40. The third-order valence-corrected chi connectivity index (χ3v) is 3.68. The van der Waals surface area contributed by atoms with Crippen LogP contribution < -0.4 is 5.73 Å². The minimum Gasteiger partial charge on any atom is -0.448 e. The molecule has 1 fully saturated rings. The average molecular weight is 341 g/mol. The van der Waals surface area contributed by atoms with Crippen molar-refractivity contribution in [2.24, 2.45) is 5.73 Å². The Morgan fingerprint density at radius 2 is 2.20 bits per heavy atom. The molecule has 0 spiro atoms. The summed E-state index contributed by atoms with van der Waals surface area (Å²) in [5, 5.41) is 8.08. The molecule has 1 saturated heterocycles. The maximum Gasteiger partial charge on any atom is 0.278 e. The molecule has 2 N–H and O–H groups in total. The van der Waals surface area contributed by atoms with E-state index in [1.807, 2.05) is 12.1 Å². The van der Waals surface area contributed by atoms with Crippen LogP contribution in [0.5, 0.6) is 0 Å². The second kappa shape index (κ2) is 6.42. The SMILES string of the molecule is NCO[C@@H]1CN1C(=O)c1coc(Cc2ccc(-n3nccn3)cn2)n1. The fraction of sp³-hybridized carbons (Fsp3) is 0.267.